The minimum absolute atomic E-state index is 0.0260. The molecule has 5 rings (SSSR count). The van der Waals surface area contributed by atoms with Crippen LogP contribution in [0.15, 0.2) is 35.1 Å². The largest absolute Gasteiger partial charge is 0.330 e. The lowest BCUT2D eigenvalue weighted by Gasteiger charge is -2.39. The Morgan fingerprint density at radius 3 is 2.44 bits per heavy atom. The summed E-state index contributed by atoms with van der Waals surface area (Å²) in [5, 5.41) is 9.79. The van der Waals surface area contributed by atoms with Crippen molar-refractivity contribution in [3.8, 4) is 17.3 Å². The predicted octanol–water partition coefficient (Wildman–Crippen LogP) is 3.60. The molecule has 0 saturated carbocycles. The number of likely N-dealkylation sites (tertiary alicyclic amines) is 1. The van der Waals surface area contributed by atoms with Crippen molar-refractivity contribution in [2.75, 3.05) is 20.1 Å². The lowest BCUT2D eigenvalue weighted by molar-refractivity contribution is 0.0838. The second-order valence-corrected chi connectivity index (χ2v) is 11.3. The molecule has 0 N–H and O–H groups in total. The maximum Gasteiger partial charge on any atom is 0.330 e. The van der Waals surface area contributed by atoms with Crippen molar-refractivity contribution in [1.29, 1.82) is 5.26 Å². The number of aromatic nitrogens is 3. The zero-order valence-corrected chi connectivity index (χ0v) is 20.9. The van der Waals surface area contributed by atoms with Gasteiger partial charge in [0, 0.05) is 50.9 Å². The van der Waals surface area contributed by atoms with Gasteiger partial charge in [0.05, 0.1) is 22.8 Å². The smallest absolute Gasteiger partial charge is 0.298 e. The predicted molar refractivity (Wildman–Crippen MR) is 134 cm³/mol. The van der Waals surface area contributed by atoms with Crippen molar-refractivity contribution in [2.45, 2.75) is 58.8 Å². The van der Waals surface area contributed by atoms with E-state index in [1.54, 1.807) is 16.2 Å². The van der Waals surface area contributed by atoms with Crippen molar-refractivity contribution >= 4 is 11.2 Å². The van der Waals surface area contributed by atoms with Gasteiger partial charge in [0.25, 0.3) is 0 Å². The fraction of sp³-hybridized carbons (Fsp3) is 0.519. The molecule has 2 bridgehead atoms. The van der Waals surface area contributed by atoms with Crippen molar-refractivity contribution in [1.82, 2.24) is 23.9 Å². The highest BCUT2D eigenvalue weighted by Crippen LogP contribution is 2.31. The Morgan fingerprint density at radius 1 is 1.09 bits per heavy atom. The normalized spacial score (nSPS) is 21.3. The fourth-order valence-corrected chi connectivity index (χ4v) is 5.64. The Morgan fingerprint density at radius 2 is 1.79 bits per heavy atom. The van der Waals surface area contributed by atoms with Crippen LogP contribution in [-0.2, 0) is 20.1 Å². The number of hydrogen-bond acceptors (Lipinski definition) is 5. The first-order chi connectivity index (χ1) is 16.1. The molecule has 0 radical (unpaired) electrons. The molecule has 2 fully saturated rings. The number of aryl methyl sites for hydroxylation is 1. The summed E-state index contributed by atoms with van der Waals surface area (Å²) < 4.78 is 3.41. The van der Waals surface area contributed by atoms with Crippen LogP contribution >= 0.6 is 0 Å². The molecular formula is C27H34N6O. The molecule has 4 heterocycles. The molecule has 178 valence electrons. The van der Waals surface area contributed by atoms with E-state index in [1.807, 2.05) is 18.2 Å². The molecule has 7 nitrogen and oxygen atoms in total. The molecule has 0 aliphatic carbocycles. The van der Waals surface area contributed by atoms with E-state index in [-0.39, 0.29) is 11.1 Å². The van der Waals surface area contributed by atoms with Gasteiger partial charge in [-0.2, -0.15) is 5.26 Å². The van der Waals surface area contributed by atoms with Crippen LogP contribution in [0, 0.1) is 16.7 Å². The summed E-state index contributed by atoms with van der Waals surface area (Å²) in [6.07, 6.45) is 2.57. The van der Waals surface area contributed by atoms with E-state index in [0.717, 1.165) is 36.4 Å². The number of likely N-dealkylation sites (N-methyl/N-ethyl adjacent to an activating group) is 1. The first-order valence-electron chi connectivity index (χ1n) is 12.2. The third-order valence-electron chi connectivity index (χ3n) is 7.42. The average molecular weight is 459 g/mol. The highest BCUT2D eigenvalue weighted by atomic mass is 16.1. The fourth-order valence-electron chi connectivity index (χ4n) is 5.64. The first kappa shape index (κ1) is 22.8. The van der Waals surface area contributed by atoms with Crippen LogP contribution in [0.25, 0.3) is 22.4 Å². The summed E-state index contributed by atoms with van der Waals surface area (Å²) in [5.41, 5.74) is 4.75. The molecule has 2 saturated heterocycles. The van der Waals surface area contributed by atoms with E-state index < -0.39 is 0 Å². The Balaban J connectivity index is 1.49. The molecule has 2 aromatic heterocycles. The van der Waals surface area contributed by atoms with E-state index >= 15 is 0 Å². The van der Waals surface area contributed by atoms with Crippen LogP contribution in [0.4, 0.5) is 0 Å². The standard InChI is InChI=1S/C27H34N6O/c1-27(2,3)17-33-24-11-10-23(29-25(24)31(5)26(33)34)22-12-18(6-7-19(22)13-28)14-32-15-20-8-9-21(16-32)30(20)4/h6-7,10-12,20-21H,8-9,14-17H2,1-5H3. The van der Waals surface area contributed by atoms with Gasteiger partial charge in [-0.05, 0) is 55.1 Å². The average Bonchev–Trinajstić information content (AvgIpc) is 3.13. The van der Waals surface area contributed by atoms with Crippen LogP contribution in [0.3, 0.4) is 0 Å². The number of imidazole rings is 1. The Kier molecular flexibility index (Phi) is 5.62. The molecule has 0 spiro atoms. The van der Waals surface area contributed by atoms with E-state index in [2.05, 4.69) is 55.8 Å². The Labute approximate surface area is 201 Å². The second kappa shape index (κ2) is 8.37. The highest BCUT2D eigenvalue weighted by Gasteiger charge is 2.37. The molecule has 2 unspecified atom stereocenters. The topological polar surface area (TPSA) is 70.1 Å². The summed E-state index contributed by atoms with van der Waals surface area (Å²) in [6.45, 7) is 10.0. The van der Waals surface area contributed by atoms with Gasteiger partial charge in [-0.15, -0.1) is 0 Å². The Hall–Kier alpha value is -2.95. The van der Waals surface area contributed by atoms with Gasteiger partial charge in [-0.3, -0.25) is 18.9 Å². The number of hydrogen-bond donors (Lipinski definition) is 0. The molecule has 1 aromatic carbocycles. The number of fused-ring (bicyclic) bond motifs is 3. The Bertz CT molecular complexity index is 1320. The lowest BCUT2D eigenvalue weighted by Crippen LogP contribution is -2.51. The number of nitrogens with zero attached hydrogens (tertiary/aromatic N) is 6. The van der Waals surface area contributed by atoms with Gasteiger partial charge in [-0.1, -0.05) is 26.8 Å². The molecular weight excluding hydrogens is 424 g/mol. The van der Waals surface area contributed by atoms with Crippen molar-refractivity contribution in [2.24, 2.45) is 12.5 Å². The molecule has 3 aromatic rings. The zero-order valence-electron chi connectivity index (χ0n) is 20.9. The van der Waals surface area contributed by atoms with E-state index in [9.17, 15) is 10.1 Å². The van der Waals surface area contributed by atoms with Crippen LogP contribution in [0.1, 0.15) is 44.7 Å². The quantitative estimate of drug-likeness (QED) is 0.598. The molecule has 7 heteroatoms. The van der Waals surface area contributed by atoms with Gasteiger partial charge in [0.2, 0.25) is 0 Å². The lowest BCUT2D eigenvalue weighted by atomic mass is 9.97. The van der Waals surface area contributed by atoms with Crippen LogP contribution in [-0.4, -0.2) is 56.1 Å². The van der Waals surface area contributed by atoms with Gasteiger partial charge in [-0.25, -0.2) is 9.78 Å². The summed E-state index contributed by atoms with van der Waals surface area (Å²) in [7, 11) is 4.02. The third kappa shape index (κ3) is 4.06. The van der Waals surface area contributed by atoms with E-state index in [0.29, 0.717) is 29.8 Å². The summed E-state index contributed by atoms with van der Waals surface area (Å²) in [4.78, 5) is 22.9. The van der Waals surface area contributed by atoms with E-state index in [4.69, 9.17) is 4.98 Å². The number of pyridine rings is 1. The van der Waals surface area contributed by atoms with Crippen molar-refractivity contribution in [3.05, 3.63) is 51.9 Å². The van der Waals surface area contributed by atoms with Crippen LogP contribution in [0.2, 0.25) is 0 Å². The van der Waals surface area contributed by atoms with Crippen LogP contribution in [0.5, 0.6) is 0 Å². The maximum absolute atomic E-state index is 12.9. The first-order valence-corrected chi connectivity index (χ1v) is 12.2. The van der Waals surface area contributed by atoms with Crippen molar-refractivity contribution in [3.63, 3.8) is 0 Å². The van der Waals surface area contributed by atoms with Gasteiger partial charge >= 0.3 is 5.69 Å². The third-order valence-corrected chi connectivity index (χ3v) is 7.42. The monoisotopic (exact) mass is 458 g/mol. The molecule has 34 heavy (non-hydrogen) atoms. The number of nitriles is 1. The highest BCUT2D eigenvalue weighted by molar-refractivity contribution is 5.78. The zero-order chi connectivity index (χ0) is 24.2. The number of rotatable bonds is 4. The van der Waals surface area contributed by atoms with Crippen molar-refractivity contribution < 1.29 is 0 Å². The van der Waals surface area contributed by atoms with Crippen LogP contribution < -0.4 is 5.69 Å². The minimum Gasteiger partial charge on any atom is -0.298 e. The number of benzene rings is 1. The van der Waals surface area contributed by atoms with Gasteiger partial charge in [0.1, 0.15) is 0 Å². The van der Waals surface area contributed by atoms with E-state index in [1.165, 1.54) is 18.4 Å². The molecule has 0 amide bonds. The molecule has 2 aliphatic heterocycles. The summed E-state index contributed by atoms with van der Waals surface area (Å²) >= 11 is 0. The maximum atomic E-state index is 12.9. The SMILES string of the molecule is CN1C2CCC1CN(Cc1ccc(C#N)c(-c3ccc4c(n3)n(C)c(=O)n4CC(C)(C)C)c1)C2. The molecule has 2 aliphatic rings. The summed E-state index contributed by atoms with van der Waals surface area (Å²) in [5.74, 6) is 0. The number of piperazine rings is 1. The van der Waals surface area contributed by atoms with Gasteiger partial charge < -0.3 is 0 Å². The molecule has 2 atom stereocenters. The minimum atomic E-state index is -0.0615. The van der Waals surface area contributed by atoms with Gasteiger partial charge in [0.15, 0.2) is 5.65 Å². The second-order valence-electron chi connectivity index (χ2n) is 11.3. The summed E-state index contributed by atoms with van der Waals surface area (Å²) in [6, 6.07) is 13.6.